The Morgan fingerprint density at radius 1 is 1.14 bits per heavy atom. The molecule has 0 bridgehead atoms. The predicted molar refractivity (Wildman–Crippen MR) is 104 cm³/mol. The van der Waals surface area contributed by atoms with E-state index in [0.717, 1.165) is 5.69 Å². The summed E-state index contributed by atoms with van der Waals surface area (Å²) in [6.07, 6.45) is 1.70. The minimum atomic E-state index is -1.04. The lowest BCUT2D eigenvalue weighted by Gasteiger charge is -2.35. The van der Waals surface area contributed by atoms with Crippen molar-refractivity contribution in [3.63, 3.8) is 0 Å². The Morgan fingerprint density at radius 3 is 2.50 bits per heavy atom. The van der Waals surface area contributed by atoms with Crippen molar-refractivity contribution in [2.24, 2.45) is 11.8 Å². The monoisotopic (exact) mass is 401 g/mol. The highest BCUT2D eigenvalue weighted by atomic mass is 35.5. The van der Waals surface area contributed by atoms with E-state index in [1.165, 1.54) is 11.1 Å². The molecule has 1 saturated heterocycles. The number of nitrogens with one attached hydrogen (secondary N) is 1. The molecule has 2 N–H and O–H groups in total. The molecule has 7 nitrogen and oxygen atoms in total. The Morgan fingerprint density at radius 2 is 1.86 bits per heavy atom. The van der Waals surface area contributed by atoms with Crippen molar-refractivity contribution in [1.29, 1.82) is 0 Å². The molecular weight excluding hydrogens is 382 g/mol. The van der Waals surface area contributed by atoms with Crippen molar-refractivity contribution in [1.82, 2.24) is 9.88 Å². The lowest BCUT2D eigenvalue weighted by molar-refractivity contribution is -0.144. The Balaban J connectivity index is 1.78. The van der Waals surface area contributed by atoms with Gasteiger partial charge in [-0.25, -0.2) is 0 Å². The number of piperidine rings is 1. The maximum atomic E-state index is 12.9. The van der Waals surface area contributed by atoms with Crippen LogP contribution in [0.1, 0.15) is 22.5 Å². The van der Waals surface area contributed by atoms with Gasteiger partial charge in [-0.15, -0.1) is 0 Å². The summed E-state index contributed by atoms with van der Waals surface area (Å²) in [6.45, 7) is 2.00. The maximum Gasteiger partial charge on any atom is 0.308 e. The molecule has 2 heterocycles. The molecule has 2 aromatic rings. The number of carboxylic acid groups (broad SMARTS) is 1. The third-order valence-corrected chi connectivity index (χ3v) is 5.07. The molecule has 28 heavy (non-hydrogen) atoms. The Hall–Kier alpha value is -2.93. The van der Waals surface area contributed by atoms with E-state index in [4.69, 9.17) is 11.6 Å². The first-order valence-electron chi connectivity index (χ1n) is 8.85. The molecule has 0 spiro atoms. The fourth-order valence-corrected chi connectivity index (χ4v) is 3.44. The molecule has 0 radical (unpaired) electrons. The second-order valence-electron chi connectivity index (χ2n) is 6.84. The molecule has 0 unspecified atom stereocenters. The number of carbonyl (C=O) groups is 3. The van der Waals surface area contributed by atoms with Gasteiger partial charge in [0.25, 0.3) is 5.91 Å². The molecular formula is C20H20ClN3O4. The summed E-state index contributed by atoms with van der Waals surface area (Å²) in [5.41, 5.74) is 1.63. The number of carboxylic acids is 1. The highest BCUT2D eigenvalue weighted by Crippen LogP contribution is 2.26. The number of pyridine rings is 1. The number of rotatable bonds is 4. The molecule has 1 aliphatic heterocycles. The predicted octanol–water partition coefficient (Wildman–Crippen LogP) is 2.85. The number of halogens is 1. The second-order valence-corrected chi connectivity index (χ2v) is 7.24. The zero-order valence-electron chi connectivity index (χ0n) is 15.3. The molecule has 1 aliphatic rings. The van der Waals surface area contributed by atoms with Crippen molar-refractivity contribution in [2.75, 3.05) is 18.4 Å². The Kier molecular flexibility index (Phi) is 5.94. The topological polar surface area (TPSA) is 99.6 Å². The number of carbonyl (C=O) groups excluding carboxylic acids is 2. The van der Waals surface area contributed by atoms with Crippen LogP contribution < -0.4 is 5.32 Å². The maximum absolute atomic E-state index is 12.9. The average Bonchev–Trinajstić information content (AvgIpc) is 2.69. The number of anilines is 1. The molecule has 1 aromatic heterocycles. The van der Waals surface area contributed by atoms with Gasteiger partial charge >= 0.3 is 5.97 Å². The average molecular weight is 402 g/mol. The van der Waals surface area contributed by atoms with E-state index in [0.29, 0.717) is 5.69 Å². The van der Waals surface area contributed by atoms with Crippen LogP contribution in [0.4, 0.5) is 5.69 Å². The molecule has 1 fully saturated rings. The number of hydrogen-bond acceptors (Lipinski definition) is 4. The third kappa shape index (κ3) is 4.48. The smallest absolute Gasteiger partial charge is 0.308 e. The van der Waals surface area contributed by atoms with Crippen LogP contribution in [0.3, 0.4) is 0 Å². The molecule has 0 saturated carbocycles. The van der Waals surface area contributed by atoms with Gasteiger partial charge in [0, 0.05) is 18.8 Å². The van der Waals surface area contributed by atoms with E-state index >= 15 is 0 Å². The van der Waals surface area contributed by atoms with Crippen molar-refractivity contribution >= 4 is 35.1 Å². The van der Waals surface area contributed by atoms with E-state index in [2.05, 4.69) is 10.3 Å². The fraction of sp³-hybridized carbons (Fsp3) is 0.300. The van der Waals surface area contributed by atoms with E-state index in [1.807, 2.05) is 6.92 Å². The summed E-state index contributed by atoms with van der Waals surface area (Å²) < 4.78 is 0. The largest absolute Gasteiger partial charge is 0.481 e. The van der Waals surface area contributed by atoms with Crippen LogP contribution >= 0.6 is 11.6 Å². The van der Waals surface area contributed by atoms with Crippen LogP contribution in [0.15, 0.2) is 42.6 Å². The number of nitrogens with zero attached hydrogens (tertiary/aromatic N) is 2. The summed E-state index contributed by atoms with van der Waals surface area (Å²) in [5.74, 6) is -3.24. The van der Waals surface area contributed by atoms with E-state index in [9.17, 15) is 19.5 Å². The van der Waals surface area contributed by atoms with Crippen LogP contribution in [0, 0.1) is 18.8 Å². The highest BCUT2D eigenvalue weighted by Gasteiger charge is 2.37. The highest BCUT2D eigenvalue weighted by molar-refractivity contribution is 6.33. The summed E-state index contributed by atoms with van der Waals surface area (Å²) >= 11 is 6.11. The van der Waals surface area contributed by atoms with Gasteiger partial charge in [-0.05, 0) is 37.6 Å². The zero-order valence-corrected chi connectivity index (χ0v) is 16.0. The number of hydrogen-bond donors (Lipinski definition) is 2. The Bertz CT molecular complexity index is 901. The zero-order chi connectivity index (χ0) is 20.3. The number of aliphatic carboxylic acids is 1. The standard InChI is InChI=1S/C20H20ClN3O4/c1-12-6-7-15(9-22-12)23-18(25)13-8-14(20(27)28)11-24(10-13)19(26)16-4-2-3-5-17(16)21/h2-7,9,13-14H,8,10-11H2,1H3,(H,23,25)(H,27,28)/t13-,14+/m1/s1. The summed E-state index contributed by atoms with van der Waals surface area (Å²) in [6, 6.07) is 10.1. The van der Waals surface area contributed by atoms with Crippen LogP contribution in [0.5, 0.6) is 0 Å². The van der Waals surface area contributed by atoms with Crippen molar-refractivity contribution in [3.05, 3.63) is 58.9 Å². The number of benzene rings is 1. The third-order valence-electron chi connectivity index (χ3n) is 4.74. The first kappa shape index (κ1) is 19.8. The second kappa shape index (κ2) is 8.39. The summed E-state index contributed by atoms with van der Waals surface area (Å²) in [7, 11) is 0. The SMILES string of the molecule is Cc1ccc(NC(=O)[C@@H]2C[C@H](C(=O)O)CN(C(=O)c3ccccc3Cl)C2)cn1. The number of likely N-dealkylation sites (tertiary alicyclic amines) is 1. The number of aromatic nitrogens is 1. The van der Waals surface area contributed by atoms with Crippen LogP contribution in [-0.4, -0.2) is 45.9 Å². The van der Waals surface area contributed by atoms with Crippen molar-refractivity contribution in [2.45, 2.75) is 13.3 Å². The molecule has 146 valence electrons. The molecule has 3 rings (SSSR count). The fourth-order valence-electron chi connectivity index (χ4n) is 3.22. The van der Waals surface area contributed by atoms with Gasteiger partial charge in [0.05, 0.1) is 34.3 Å². The molecule has 8 heteroatoms. The van der Waals surface area contributed by atoms with Crippen molar-refractivity contribution in [3.8, 4) is 0 Å². The van der Waals surface area contributed by atoms with Crippen LogP contribution in [0.2, 0.25) is 5.02 Å². The van der Waals surface area contributed by atoms with E-state index < -0.39 is 17.8 Å². The first-order valence-corrected chi connectivity index (χ1v) is 9.23. The number of amides is 2. The summed E-state index contributed by atoms with van der Waals surface area (Å²) in [5, 5.41) is 12.5. The first-order chi connectivity index (χ1) is 13.3. The Labute approximate surface area is 167 Å². The normalized spacial score (nSPS) is 19.1. The summed E-state index contributed by atoms with van der Waals surface area (Å²) in [4.78, 5) is 42.7. The van der Waals surface area contributed by atoms with E-state index in [1.54, 1.807) is 36.4 Å². The molecule has 2 amide bonds. The van der Waals surface area contributed by atoms with Crippen LogP contribution in [0.25, 0.3) is 0 Å². The lowest BCUT2D eigenvalue weighted by Crippen LogP contribution is -2.49. The van der Waals surface area contributed by atoms with Gasteiger partial charge in [0.15, 0.2) is 0 Å². The van der Waals surface area contributed by atoms with Gasteiger partial charge in [0.2, 0.25) is 5.91 Å². The van der Waals surface area contributed by atoms with E-state index in [-0.39, 0.29) is 41.9 Å². The lowest BCUT2D eigenvalue weighted by atomic mass is 9.88. The molecule has 2 atom stereocenters. The van der Waals surface area contributed by atoms with Gasteiger partial charge in [0.1, 0.15) is 0 Å². The minimum Gasteiger partial charge on any atom is -0.481 e. The molecule has 1 aromatic carbocycles. The van der Waals surface area contributed by atoms with Gasteiger partial charge < -0.3 is 15.3 Å². The number of aryl methyl sites for hydroxylation is 1. The van der Waals surface area contributed by atoms with Crippen molar-refractivity contribution < 1.29 is 19.5 Å². The van der Waals surface area contributed by atoms with Gasteiger partial charge in [-0.3, -0.25) is 19.4 Å². The van der Waals surface area contributed by atoms with Crippen LogP contribution in [-0.2, 0) is 9.59 Å². The quantitative estimate of drug-likeness (QED) is 0.820. The van der Waals surface area contributed by atoms with Gasteiger partial charge in [-0.1, -0.05) is 23.7 Å². The minimum absolute atomic E-state index is 0.0370. The van der Waals surface area contributed by atoms with Gasteiger partial charge in [-0.2, -0.15) is 0 Å². The molecule has 0 aliphatic carbocycles.